The lowest BCUT2D eigenvalue weighted by atomic mass is 9.95. The summed E-state index contributed by atoms with van der Waals surface area (Å²) in [7, 11) is 0. The van der Waals surface area contributed by atoms with Crippen molar-refractivity contribution in [3.63, 3.8) is 0 Å². The largest absolute Gasteiger partial charge is 0.478 e. The SMILES string of the molecule is O=C(O)/C=C/C1=CCC[C@@H]([N+](=O)[O-])C1. The van der Waals surface area contributed by atoms with Crippen molar-refractivity contribution < 1.29 is 14.8 Å². The van der Waals surface area contributed by atoms with E-state index in [0.29, 0.717) is 19.3 Å². The molecular weight excluding hydrogens is 186 g/mol. The summed E-state index contributed by atoms with van der Waals surface area (Å²) < 4.78 is 0. The van der Waals surface area contributed by atoms with Crippen LogP contribution < -0.4 is 0 Å². The molecule has 1 N–H and O–H groups in total. The van der Waals surface area contributed by atoms with Gasteiger partial charge in [0, 0.05) is 23.8 Å². The highest BCUT2D eigenvalue weighted by Gasteiger charge is 2.23. The number of aliphatic carboxylic acids is 1. The molecule has 0 aliphatic heterocycles. The number of hydrogen-bond donors (Lipinski definition) is 1. The van der Waals surface area contributed by atoms with E-state index in [0.717, 1.165) is 11.6 Å². The molecule has 0 radical (unpaired) electrons. The zero-order chi connectivity index (χ0) is 10.6. The highest BCUT2D eigenvalue weighted by molar-refractivity contribution is 5.80. The number of hydrogen-bond acceptors (Lipinski definition) is 3. The highest BCUT2D eigenvalue weighted by Crippen LogP contribution is 2.21. The Bertz CT molecular complexity index is 306. The van der Waals surface area contributed by atoms with Gasteiger partial charge in [0.1, 0.15) is 0 Å². The summed E-state index contributed by atoms with van der Waals surface area (Å²) in [5.74, 6) is -1.03. The van der Waals surface area contributed by atoms with E-state index >= 15 is 0 Å². The summed E-state index contributed by atoms with van der Waals surface area (Å²) in [5, 5.41) is 18.8. The van der Waals surface area contributed by atoms with Crippen LogP contribution in [0.25, 0.3) is 0 Å². The van der Waals surface area contributed by atoms with Crippen LogP contribution in [-0.4, -0.2) is 22.0 Å². The minimum atomic E-state index is -1.03. The third-order valence-corrected chi connectivity index (χ3v) is 2.12. The minimum Gasteiger partial charge on any atom is -0.478 e. The lowest BCUT2D eigenvalue weighted by Gasteiger charge is -2.13. The number of allylic oxidation sites excluding steroid dienone is 2. The molecule has 1 aliphatic carbocycles. The first-order valence-electron chi connectivity index (χ1n) is 4.33. The maximum Gasteiger partial charge on any atom is 0.328 e. The standard InChI is InChI=1S/C9H11NO4/c11-9(12)5-4-7-2-1-3-8(6-7)10(13)14/h2,4-5,8H,1,3,6H2,(H,11,12)/b5-4+/t8-/m1/s1. The Morgan fingerprint density at radius 2 is 2.43 bits per heavy atom. The van der Waals surface area contributed by atoms with E-state index in [1.807, 2.05) is 6.08 Å². The molecule has 1 atom stereocenters. The molecule has 1 rings (SSSR count). The Morgan fingerprint density at radius 1 is 1.71 bits per heavy atom. The van der Waals surface area contributed by atoms with Gasteiger partial charge in [-0.15, -0.1) is 0 Å². The van der Waals surface area contributed by atoms with Crippen LogP contribution in [0.1, 0.15) is 19.3 Å². The van der Waals surface area contributed by atoms with Crippen molar-refractivity contribution in [1.82, 2.24) is 0 Å². The molecule has 0 aromatic rings. The Kier molecular flexibility index (Phi) is 3.39. The van der Waals surface area contributed by atoms with Crippen LogP contribution in [-0.2, 0) is 4.79 Å². The Morgan fingerprint density at radius 3 is 3.00 bits per heavy atom. The first kappa shape index (κ1) is 10.4. The van der Waals surface area contributed by atoms with Crippen LogP contribution in [0.4, 0.5) is 0 Å². The maximum absolute atomic E-state index is 10.5. The molecule has 0 bridgehead atoms. The number of carboxylic acids is 1. The van der Waals surface area contributed by atoms with E-state index in [-0.39, 0.29) is 4.92 Å². The van der Waals surface area contributed by atoms with Gasteiger partial charge < -0.3 is 5.11 Å². The van der Waals surface area contributed by atoms with Crippen LogP contribution in [0, 0.1) is 10.1 Å². The van der Waals surface area contributed by atoms with Crippen molar-refractivity contribution in [1.29, 1.82) is 0 Å². The van der Waals surface area contributed by atoms with Gasteiger partial charge in [-0.1, -0.05) is 12.2 Å². The second-order valence-corrected chi connectivity index (χ2v) is 3.17. The van der Waals surface area contributed by atoms with E-state index in [1.165, 1.54) is 6.08 Å². The van der Waals surface area contributed by atoms with Crippen LogP contribution in [0.15, 0.2) is 23.8 Å². The smallest absolute Gasteiger partial charge is 0.328 e. The number of nitro groups is 1. The third kappa shape index (κ3) is 3.01. The summed E-state index contributed by atoms with van der Waals surface area (Å²) in [4.78, 5) is 20.4. The van der Waals surface area contributed by atoms with Gasteiger partial charge in [-0.3, -0.25) is 10.1 Å². The van der Waals surface area contributed by atoms with Gasteiger partial charge in [0.25, 0.3) is 0 Å². The van der Waals surface area contributed by atoms with Gasteiger partial charge in [-0.2, -0.15) is 0 Å². The van der Waals surface area contributed by atoms with Crippen molar-refractivity contribution in [2.24, 2.45) is 0 Å². The van der Waals surface area contributed by atoms with Crippen LogP contribution >= 0.6 is 0 Å². The molecule has 0 heterocycles. The molecule has 0 aromatic carbocycles. The normalized spacial score (nSPS) is 22.0. The van der Waals surface area contributed by atoms with Gasteiger partial charge in [-0.05, 0) is 12.0 Å². The second-order valence-electron chi connectivity index (χ2n) is 3.17. The molecular formula is C9H11NO4. The monoisotopic (exact) mass is 197 g/mol. The van der Waals surface area contributed by atoms with Gasteiger partial charge in [-0.25, -0.2) is 4.79 Å². The van der Waals surface area contributed by atoms with Crippen molar-refractivity contribution >= 4 is 5.97 Å². The van der Waals surface area contributed by atoms with Gasteiger partial charge in [0.15, 0.2) is 0 Å². The van der Waals surface area contributed by atoms with Gasteiger partial charge in [0.2, 0.25) is 6.04 Å². The summed E-state index contributed by atoms with van der Waals surface area (Å²) in [6.07, 6.45) is 5.80. The number of rotatable bonds is 3. The molecule has 0 amide bonds. The Balaban J connectivity index is 2.59. The fourth-order valence-corrected chi connectivity index (χ4v) is 1.41. The molecule has 0 fully saturated rings. The third-order valence-electron chi connectivity index (χ3n) is 2.12. The Hall–Kier alpha value is -1.65. The fraction of sp³-hybridized carbons (Fsp3) is 0.444. The maximum atomic E-state index is 10.5. The molecule has 0 aromatic heterocycles. The molecule has 0 saturated heterocycles. The second kappa shape index (κ2) is 4.55. The lowest BCUT2D eigenvalue weighted by molar-refractivity contribution is -0.523. The Labute approximate surface area is 80.9 Å². The molecule has 0 saturated carbocycles. The average molecular weight is 197 g/mol. The zero-order valence-electron chi connectivity index (χ0n) is 7.55. The molecule has 76 valence electrons. The van der Waals surface area contributed by atoms with E-state index in [9.17, 15) is 14.9 Å². The molecule has 5 heteroatoms. The molecule has 0 unspecified atom stereocenters. The molecule has 14 heavy (non-hydrogen) atoms. The van der Waals surface area contributed by atoms with Crippen molar-refractivity contribution in [3.8, 4) is 0 Å². The quantitative estimate of drug-likeness (QED) is 0.421. The first-order valence-corrected chi connectivity index (χ1v) is 4.33. The summed E-state index contributed by atoms with van der Waals surface area (Å²) in [6.45, 7) is 0. The lowest BCUT2D eigenvalue weighted by Crippen LogP contribution is -2.21. The average Bonchev–Trinajstić information content (AvgIpc) is 2.15. The van der Waals surface area contributed by atoms with Crippen molar-refractivity contribution in [2.45, 2.75) is 25.3 Å². The fourth-order valence-electron chi connectivity index (χ4n) is 1.41. The van der Waals surface area contributed by atoms with E-state index in [4.69, 9.17) is 5.11 Å². The molecule has 1 aliphatic rings. The number of carbonyl (C=O) groups is 1. The predicted octanol–water partition coefficient (Wildman–Crippen LogP) is 1.38. The van der Waals surface area contributed by atoms with Crippen LogP contribution in [0.5, 0.6) is 0 Å². The van der Waals surface area contributed by atoms with Crippen molar-refractivity contribution in [3.05, 3.63) is 33.9 Å². The first-order chi connectivity index (χ1) is 6.59. The van der Waals surface area contributed by atoms with Crippen molar-refractivity contribution in [2.75, 3.05) is 0 Å². The summed E-state index contributed by atoms with van der Waals surface area (Å²) in [6, 6.07) is -0.562. The molecule has 0 spiro atoms. The number of nitrogens with zero attached hydrogens (tertiary/aromatic N) is 1. The zero-order valence-corrected chi connectivity index (χ0v) is 7.55. The molecule has 5 nitrogen and oxygen atoms in total. The highest BCUT2D eigenvalue weighted by atomic mass is 16.6. The van der Waals surface area contributed by atoms with E-state index in [2.05, 4.69) is 0 Å². The van der Waals surface area contributed by atoms with Gasteiger partial charge in [0.05, 0.1) is 0 Å². The van der Waals surface area contributed by atoms with E-state index < -0.39 is 12.0 Å². The topological polar surface area (TPSA) is 80.4 Å². The van der Waals surface area contributed by atoms with Gasteiger partial charge >= 0.3 is 5.97 Å². The van der Waals surface area contributed by atoms with Crippen LogP contribution in [0.3, 0.4) is 0 Å². The predicted molar refractivity (Wildman–Crippen MR) is 49.5 cm³/mol. The van der Waals surface area contributed by atoms with Crippen LogP contribution in [0.2, 0.25) is 0 Å². The summed E-state index contributed by atoms with van der Waals surface area (Å²) >= 11 is 0. The number of carboxylic acid groups (broad SMARTS) is 1. The summed E-state index contributed by atoms with van der Waals surface area (Å²) in [5.41, 5.74) is 0.736. The minimum absolute atomic E-state index is 0.304. The van der Waals surface area contributed by atoms with E-state index in [1.54, 1.807) is 0 Å².